The molecule has 0 amide bonds. The first kappa shape index (κ1) is 16.4. The molecule has 0 saturated carbocycles. The van der Waals surface area contributed by atoms with Crippen LogP contribution in [0.2, 0.25) is 0 Å². The van der Waals surface area contributed by atoms with Crippen LogP contribution < -0.4 is 10.8 Å². The monoisotopic (exact) mass is 647 g/mol. The van der Waals surface area contributed by atoms with Gasteiger partial charge in [-0.15, -0.1) is 48.0 Å². The van der Waals surface area contributed by atoms with Crippen LogP contribution in [-0.4, -0.2) is 46.8 Å². The van der Waals surface area contributed by atoms with E-state index in [2.05, 4.69) is 27.1 Å². The molecule has 0 aliphatic heterocycles. The Morgan fingerprint density at radius 3 is 2.30 bits per heavy atom. The van der Waals surface area contributed by atoms with Crippen LogP contribution in [0.1, 0.15) is 0 Å². The minimum absolute atomic E-state index is 0. The van der Waals surface area contributed by atoms with Gasteiger partial charge in [-0.05, 0) is 23.5 Å². The summed E-state index contributed by atoms with van der Waals surface area (Å²) in [6.45, 7) is 0. The molecular weight excluding hydrogens is 621 g/mol. The molecule has 2 aromatic carbocycles. The van der Waals surface area contributed by atoms with Gasteiger partial charge in [-0.1, -0.05) is 35.9 Å². The van der Waals surface area contributed by atoms with Gasteiger partial charge < -0.3 is 18.8 Å². The van der Waals surface area contributed by atoms with Crippen LogP contribution in [0.15, 0.2) is 89.6 Å². The maximum absolute atomic E-state index is 7.92. The molecule has 8 heteroatoms. The van der Waals surface area contributed by atoms with E-state index in [9.17, 15) is 0 Å². The second-order valence-electron chi connectivity index (χ2n) is 6.80. The summed E-state index contributed by atoms with van der Waals surface area (Å²) < 4.78 is 54.3. The average molecular weight is 647 g/mol. The number of pyridine rings is 2. The van der Waals surface area contributed by atoms with Gasteiger partial charge in [0.1, 0.15) is 0 Å². The summed E-state index contributed by atoms with van der Waals surface area (Å²) in [5.74, 6) is 0. The number of oxazole rings is 1. The van der Waals surface area contributed by atoms with Crippen molar-refractivity contribution < 1.29 is 24.5 Å². The van der Waals surface area contributed by atoms with Gasteiger partial charge in [0.05, 0.1) is 36.4 Å². The molecule has 0 aliphatic carbocycles. The van der Waals surface area contributed by atoms with Crippen LogP contribution in [0.3, 0.4) is 0 Å². The Labute approximate surface area is 218 Å². The van der Waals surface area contributed by atoms with Gasteiger partial charge in [-0.3, -0.25) is 0 Å². The van der Waals surface area contributed by atoms with E-state index in [0.29, 0.717) is 22.4 Å². The largest absolute Gasteiger partial charge is 0.457 e. The summed E-state index contributed by atoms with van der Waals surface area (Å²) in [5.41, 5.74) is 3.73. The van der Waals surface area contributed by atoms with E-state index in [4.69, 9.17) is 11.8 Å². The van der Waals surface area contributed by atoms with E-state index in [1.54, 1.807) is 42.7 Å². The molecule has 0 saturated heterocycles. The summed E-state index contributed by atoms with van der Waals surface area (Å²) in [4.78, 5) is 12.5. The number of benzene rings is 2. The number of hydrogen-bond donors (Lipinski definition) is 0. The van der Waals surface area contributed by atoms with Crippen LogP contribution >= 0.6 is 0 Å². The van der Waals surface area contributed by atoms with Crippen molar-refractivity contribution in [1.82, 2.24) is 19.4 Å². The fourth-order valence-corrected chi connectivity index (χ4v) is 4.07. The molecule has 6 aromatic rings. The molecule has 0 bridgehead atoms. The van der Waals surface area contributed by atoms with Crippen molar-refractivity contribution in [2.45, 2.75) is 0 Å². The normalized spacial score (nSPS) is 13.9. The molecule has 0 N–H and O–H groups in total. The topological polar surface area (TPSA) is 56.2 Å². The Morgan fingerprint density at radius 2 is 1.64 bits per heavy atom. The van der Waals surface area contributed by atoms with E-state index in [1.807, 2.05) is 42.5 Å². The van der Waals surface area contributed by atoms with Crippen LogP contribution in [0, 0.1) is 12.1 Å². The van der Waals surface area contributed by atoms with Crippen molar-refractivity contribution in [3.8, 4) is 22.5 Å². The van der Waals surface area contributed by atoms with Crippen molar-refractivity contribution >= 4 is 47.7 Å². The third kappa shape index (κ3) is 4.65. The molecule has 0 aliphatic rings. The first-order valence-corrected chi connectivity index (χ1v) is 10.8. The zero-order chi connectivity index (χ0) is 26.9. The summed E-state index contributed by atoms with van der Waals surface area (Å²) in [6.07, 6.45) is 3.41. The minimum Gasteiger partial charge on any atom is -0.457 e. The zero-order valence-corrected chi connectivity index (χ0v) is 21.5. The standard InChI is InChI=1S/C14H12N3OSi2.C11H8N.Ir/c19-12-13-17(14(20)16-12)11-8(4-3-6-10(11)18-13)9-5-1-2-7-15-9;1-2-6-10(7-3-1)11-8-4-5-9-12-11;/h1-3,5-7H,19-20H3;1-6,8-9H;/q2*-1;/i19D3,20D3;;. The maximum atomic E-state index is 7.92. The predicted octanol–water partition coefficient (Wildman–Crippen LogP) is 1.47. The van der Waals surface area contributed by atoms with Gasteiger partial charge in [-0.2, -0.15) is 0 Å². The van der Waals surface area contributed by atoms with Crippen LogP contribution in [0.5, 0.6) is 0 Å². The van der Waals surface area contributed by atoms with E-state index in [1.165, 1.54) is 4.40 Å². The Morgan fingerprint density at radius 1 is 0.848 bits per heavy atom. The summed E-state index contributed by atoms with van der Waals surface area (Å²) in [7, 11) is -8.33. The summed E-state index contributed by atoms with van der Waals surface area (Å²) in [5, 5.41) is -0.209. The first-order chi connectivity index (χ1) is 18.1. The zero-order valence-electron chi connectivity index (χ0n) is 23.1. The molecule has 0 unspecified atom stereocenters. The van der Waals surface area contributed by atoms with Crippen LogP contribution in [-0.2, 0) is 20.1 Å². The second-order valence-corrected chi connectivity index (χ2v) is 7.72. The molecule has 5 nitrogen and oxygen atoms in total. The predicted molar refractivity (Wildman–Crippen MR) is 135 cm³/mol. The molecule has 0 spiro atoms. The SMILES string of the molecule is [2H][Si]([2H])([2H])c1nc([Si]([2H])([2H])[2H])n2c1oc1cc[c-]c(-c3ccccn3)c12.[Ir].[c-]1ccccc1-c1ccccn1. The molecular formula is C25H20IrN4OSi2-2. The van der Waals surface area contributed by atoms with Crippen LogP contribution in [0.4, 0.5) is 0 Å². The Balaban J connectivity index is 0.000000228. The van der Waals surface area contributed by atoms with E-state index < -0.39 is 20.1 Å². The van der Waals surface area contributed by atoms with Gasteiger partial charge >= 0.3 is 0 Å². The molecule has 6 rings (SSSR count). The first-order valence-electron chi connectivity index (χ1n) is 12.8. The summed E-state index contributed by atoms with van der Waals surface area (Å²) >= 11 is 0. The molecule has 4 aromatic heterocycles. The molecule has 165 valence electrons. The third-order valence-electron chi connectivity index (χ3n) is 4.77. The quantitative estimate of drug-likeness (QED) is 0.215. The van der Waals surface area contributed by atoms with Crippen molar-refractivity contribution in [3.05, 3.63) is 97.3 Å². The Hall–Kier alpha value is -3.17. The fourth-order valence-electron chi connectivity index (χ4n) is 3.37. The molecule has 0 atom stereocenters. The van der Waals surface area contributed by atoms with Crippen molar-refractivity contribution in [2.24, 2.45) is 0 Å². The number of fused-ring (bicyclic) bond motifs is 3. The third-order valence-corrected chi connectivity index (χ3v) is 5.43. The number of imidazole rings is 1. The molecule has 0 fully saturated rings. The van der Waals surface area contributed by atoms with Crippen molar-refractivity contribution in [1.29, 1.82) is 7.41 Å². The molecule has 1 radical (unpaired) electrons. The Kier molecular flexibility index (Phi) is 5.08. The fraction of sp³-hybridized carbons (Fsp3) is 0. The smallest absolute Gasteiger partial charge is 0.211 e. The van der Waals surface area contributed by atoms with E-state index in [-0.39, 0.29) is 36.6 Å². The van der Waals surface area contributed by atoms with Crippen molar-refractivity contribution in [3.63, 3.8) is 0 Å². The van der Waals surface area contributed by atoms with Gasteiger partial charge in [0.25, 0.3) is 0 Å². The van der Waals surface area contributed by atoms with Gasteiger partial charge in [0.2, 0.25) is 5.71 Å². The van der Waals surface area contributed by atoms with Gasteiger partial charge in [-0.25, -0.2) is 4.98 Å². The van der Waals surface area contributed by atoms with Crippen LogP contribution in [0.25, 0.3) is 39.3 Å². The van der Waals surface area contributed by atoms with E-state index >= 15 is 0 Å². The number of nitrogens with zero attached hydrogens (tertiary/aromatic N) is 4. The van der Waals surface area contributed by atoms with Gasteiger partial charge in [0, 0.05) is 45.4 Å². The van der Waals surface area contributed by atoms with Gasteiger partial charge in [0.15, 0.2) is 0 Å². The van der Waals surface area contributed by atoms with Crippen molar-refractivity contribution in [2.75, 3.05) is 0 Å². The Bertz CT molecular complexity index is 1660. The number of hydrogen-bond acceptors (Lipinski definition) is 4. The average Bonchev–Trinajstić information content (AvgIpc) is 3.48. The second kappa shape index (κ2) is 10.2. The number of aromatic nitrogens is 4. The minimum atomic E-state index is -4.18. The summed E-state index contributed by atoms with van der Waals surface area (Å²) in [6, 6.07) is 28.5. The molecule has 33 heavy (non-hydrogen) atoms. The maximum Gasteiger partial charge on any atom is 0.211 e. The molecule has 4 heterocycles. The van der Waals surface area contributed by atoms with E-state index in [0.717, 1.165) is 11.3 Å². The number of rotatable bonds is 4.